The van der Waals surface area contributed by atoms with Gasteiger partial charge in [-0.05, 0) is 72.1 Å². The van der Waals surface area contributed by atoms with Crippen LogP contribution >= 0.6 is 0 Å². The van der Waals surface area contributed by atoms with E-state index in [9.17, 15) is 0 Å². The van der Waals surface area contributed by atoms with Crippen molar-refractivity contribution in [1.29, 1.82) is 0 Å². The van der Waals surface area contributed by atoms with Gasteiger partial charge in [-0.3, -0.25) is 0 Å². The zero-order valence-corrected chi connectivity index (χ0v) is 29.1. The predicted molar refractivity (Wildman–Crippen MR) is 217 cm³/mol. The second-order valence-electron chi connectivity index (χ2n) is 14.9. The lowest BCUT2D eigenvalue weighted by atomic mass is 9.47. The molecule has 3 unspecified atom stereocenters. The van der Waals surface area contributed by atoms with E-state index in [1.54, 1.807) is 0 Å². The summed E-state index contributed by atoms with van der Waals surface area (Å²) < 4.78 is 8.90. The molecule has 6 aromatic carbocycles. The second-order valence-corrected chi connectivity index (χ2v) is 14.9. The van der Waals surface area contributed by atoms with Crippen LogP contribution in [0.4, 0.5) is 11.4 Å². The number of aromatic nitrogens is 1. The van der Waals surface area contributed by atoms with Crippen molar-refractivity contribution in [2.75, 3.05) is 4.90 Å². The molecular weight excluding hydrogens is 633 g/mol. The van der Waals surface area contributed by atoms with Crippen molar-refractivity contribution < 1.29 is 4.42 Å². The summed E-state index contributed by atoms with van der Waals surface area (Å²) in [7, 11) is 0. The standard InChI is InChI=1S/C49H36N2O/c1-47-27-9-11-29-49(47)30-12-10-28-48(49,2)51(43-22-7-5-20-40(43)47)35-16-13-15-33(31-35)34-25-26-42-39(32-34)36-17-3-6-21-41(36)50(42)44-23-14-19-38-37-18-4-8-24-45(37)52-46(38)44/h3-32H,1-2H3. The van der Waals surface area contributed by atoms with Crippen LogP contribution in [0.1, 0.15) is 19.4 Å². The Morgan fingerprint density at radius 1 is 0.500 bits per heavy atom. The molecule has 8 aromatic rings. The predicted octanol–water partition coefficient (Wildman–Crippen LogP) is 12.8. The van der Waals surface area contributed by atoms with Crippen molar-refractivity contribution in [3.05, 3.63) is 188 Å². The monoisotopic (exact) mass is 668 g/mol. The number of allylic oxidation sites excluding steroid dienone is 5. The van der Waals surface area contributed by atoms with Gasteiger partial charge in [-0.15, -0.1) is 0 Å². The van der Waals surface area contributed by atoms with Crippen LogP contribution < -0.4 is 4.90 Å². The van der Waals surface area contributed by atoms with E-state index in [2.05, 4.69) is 199 Å². The molecule has 3 heterocycles. The molecule has 1 aliphatic heterocycles. The number of fused-ring (bicyclic) bond motifs is 8. The summed E-state index contributed by atoms with van der Waals surface area (Å²) in [5.74, 6) is 0. The molecule has 3 aliphatic rings. The Bertz CT molecular complexity index is 2910. The van der Waals surface area contributed by atoms with Gasteiger partial charge >= 0.3 is 0 Å². The maximum absolute atomic E-state index is 6.54. The van der Waals surface area contributed by atoms with Gasteiger partial charge in [0.2, 0.25) is 0 Å². The van der Waals surface area contributed by atoms with Gasteiger partial charge < -0.3 is 13.9 Å². The number of hydrogen-bond donors (Lipinski definition) is 0. The van der Waals surface area contributed by atoms with Gasteiger partial charge in [0.05, 0.1) is 22.3 Å². The van der Waals surface area contributed by atoms with Crippen LogP contribution in [0.5, 0.6) is 0 Å². The summed E-state index contributed by atoms with van der Waals surface area (Å²) in [6, 6.07) is 48.5. The molecule has 11 rings (SSSR count). The molecule has 52 heavy (non-hydrogen) atoms. The fraction of sp³-hybridized carbons (Fsp3) is 0.102. The van der Waals surface area contributed by atoms with E-state index < -0.39 is 0 Å². The first-order valence-electron chi connectivity index (χ1n) is 18.2. The van der Waals surface area contributed by atoms with Gasteiger partial charge in [-0.1, -0.05) is 140 Å². The maximum atomic E-state index is 6.54. The zero-order chi connectivity index (χ0) is 34.7. The second kappa shape index (κ2) is 10.4. The third-order valence-electron chi connectivity index (χ3n) is 12.4. The van der Waals surface area contributed by atoms with Crippen LogP contribution in [0.15, 0.2) is 186 Å². The van der Waals surface area contributed by atoms with Crippen molar-refractivity contribution in [1.82, 2.24) is 4.57 Å². The molecule has 2 aromatic heterocycles. The normalized spacial score (nSPS) is 23.1. The van der Waals surface area contributed by atoms with E-state index in [0.717, 1.165) is 38.7 Å². The third-order valence-corrected chi connectivity index (χ3v) is 12.4. The highest BCUT2D eigenvalue weighted by Crippen LogP contribution is 2.64. The molecule has 3 nitrogen and oxygen atoms in total. The molecule has 3 heteroatoms. The van der Waals surface area contributed by atoms with E-state index in [4.69, 9.17) is 4.42 Å². The van der Waals surface area contributed by atoms with Crippen LogP contribution in [0, 0.1) is 5.41 Å². The number of nitrogens with zero attached hydrogens (tertiary/aromatic N) is 2. The number of hydrogen-bond acceptors (Lipinski definition) is 2. The Morgan fingerprint density at radius 2 is 1.17 bits per heavy atom. The highest BCUT2D eigenvalue weighted by atomic mass is 16.3. The average molecular weight is 669 g/mol. The maximum Gasteiger partial charge on any atom is 0.159 e. The number of anilines is 2. The van der Waals surface area contributed by atoms with Gasteiger partial charge in [0.25, 0.3) is 0 Å². The van der Waals surface area contributed by atoms with Gasteiger partial charge in [0, 0.05) is 43.7 Å². The summed E-state index contributed by atoms with van der Waals surface area (Å²) in [5.41, 5.74) is 10.5. The molecule has 248 valence electrons. The first kappa shape index (κ1) is 29.4. The molecule has 0 amide bonds. The molecule has 1 spiro atoms. The molecule has 0 fully saturated rings. The van der Waals surface area contributed by atoms with Crippen LogP contribution in [0.25, 0.3) is 60.6 Å². The average Bonchev–Trinajstić information content (AvgIpc) is 3.73. The van der Waals surface area contributed by atoms with E-state index in [1.165, 1.54) is 38.8 Å². The molecule has 2 aliphatic carbocycles. The Kier molecular flexibility index (Phi) is 5.86. The number of benzene rings is 6. The quantitative estimate of drug-likeness (QED) is 0.187. The van der Waals surface area contributed by atoms with Crippen molar-refractivity contribution in [3.63, 3.8) is 0 Å². The lowest BCUT2D eigenvalue weighted by Gasteiger charge is -2.64. The van der Waals surface area contributed by atoms with E-state index >= 15 is 0 Å². The van der Waals surface area contributed by atoms with Gasteiger partial charge in [-0.2, -0.15) is 0 Å². The summed E-state index contributed by atoms with van der Waals surface area (Å²) >= 11 is 0. The molecule has 0 saturated heterocycles. The molecular formula is C49H36N2O. The zero-order valence-electron chi connectivity index (χ0n) is 29.1. The molecule has 3 atom stereocenters. The minimum absolute atomic E-state index is 0.200. The van der Waals surface area contributed by atoms with Gasteiger partial charge in [-0.25, -0.2) is 0 Å². The minimum Gasteiger partial charge on any atom is -0.454 e. The summed E-state index contributed by atoms with van der Waals surface area (Å²) in [6.45, 7) is 4.81. The van der Waals surface area contributed by atoms with Crippen LogP contribution in [0.2, 0.25) is 0 Å². The van der Waals surface area contributed by atoms with Crippen LogP contribution in [-0.2, 0) is 5.41 Å². The van der Waals surface area contributed by atoms with E-state index in [0.29, 0.717) is 0 Å². The highest BCUT2D eigenvalue weighted by molar-refractivity contribution is 6.13. The van der Waals surface area contributed by atoms with Crippen molar-refractivity contribution >= 4 is 55.1 Å². The molecule has 0 bridgehead atoms. The van der Waals surface area contributed by atoms with Gasteiger partial charge in [0.15, 0.2) is 5.58 Å². The lowest BCUT2D eigenvalue weighted by molar-refractivity contribution is 0.193. The van der Waals surface area contributed by atoms with Crippen LogP contribution in [-0.4, -0.2) is 10.1 Å². The van der Waals surface area contributed by atoms with Gasteiger partial charge in [0.1, 0.15) is 5.58 Å². The van der Waals surface area contributed by atoms with E-state index in [-0.39, 0.29) is 16.4 Å². The fourth-order valence-electron chi connectivity index (χ4n) is 9.93. The first-order valence-corrected chi connectivity index (χ1v) is 18.2. The van der Waals surface area contributed by atoms with Crippen LogP contribution in [0.3, 0.4) is 0 Å². The number of para-hydroxylation sites is 4. The largest absolute Gasteiger partial charge is 0.454 e. The molecule has 0 radical (unpaired) electrons. The van der Waals surface area contributed by atoms with Crippen molar-refractivity contribution in [2.45, 2.75) is 24.8 Å². The lowest BCUT2D eigenvalue weighted by Crippen LogP contribution is -2.65. The molecule has 0 saturated carbocycles. The Labute approximate surface area is 302 Å². The Balaban J connectivity index is 1.10. The minimum atomic E-state index is -0.347. The number of rotatable bonds is 3. The highest BCUT2D eigenvalue weighted by Gasteiger charge is 2.62. The SMILES string of the molecule is CC12C=CC=CC13C=CC=CC3(C)N(c1cccc(-c3ccc4c(c3)c3ccccc3n4-c3cccc4c3oc3ccccc34)c1)c1ccccc12. The van der Waals surface area contributed by atoms with Crippen molar-refractivity contribution in [3.8, 4) is 16.8 Å². The third kappa shape index (κ3) is 3.65. The summed E-state index contributed by atoms with van der Waals surface area (Å²) in [5, 5.41) is 4.71. The topological polar surface area (TPSA) is 21.3 Å². The van der Waals surface area contributed by atoms with E-state index in [1.807, 2.05) is 6.07 Å². The fourth-order valence-corrected chi connectivity index (χ4v) is 9.93. The number of furan rings is 1. The Hall–Kier alpha value is -6.32. The summed E-state index contributed by atoms with van der Waals surface area (Å²) in [4.78, 5) is 2.58. The first-order chi connectivity index (χ1) is 25.5. The summed E-state index contributed by atoms with van der Waals surface area (Å²) in [6.07, 6.45) is 18.6. The molecule has 0 N–H and O–H groups in total. The Morgan fingerprint density at radius 3 is 2.08 bits per heavy atom. The smallest absolute Gasteiger partial charge is 0.159 e. The van der Waals surface area contributed by atoms with Crippen molar-refractivity contribution in [2.24, 2.45) is 5.41 Å².